The monoisotopic (exact) mass is 410 g/mol. The number of pyridine rings is 1. The zero-order chi connectivity index (χ0) is 20.4. The maximum atomic E-state index is 12.4. The van der Waals surface area contributed by atoms with Crippen molar-refractivity contribution in [1.29, 1.82) is 0 Å². The zero-order valence-electron chi connectivity index (χ0n) is 18.0. The molecule has 0 saturated heterocycles. The smallest absolute Gasteiger partial charge is 0.850 e. The Labute approximate surface area is 192 Å². The van der Waals surface area contributed by atoms with Crippen molar-refractivity contribution >= 4 is 22.2 Å². The van der Waals surface area contributed by atoms with Crippen LogP contribution in [0.5, 0.6) is 5.75 Å². The van der Waals surface area contributed by atoms with Crippen LogP contribution in [-0.2, 0) is 0 Å². The number of rotatable bonds is 3. The van der Waals surface area contributed by atoms with Crippen molar-refractivity contribution in [2.75, 3.05) is 7.11 Å². The van der Waals surface area contributed by atoms with E-state index in [9.17, 15) is 9.90 Å². The third kappa shape index (κ3) is 6.42. The molecule has 0 amide bonds. The van der Waals surface area contributed by atoms with Gasteiger partial charge < -0.3 is 14.8 Å². The molecule has 0 aliphatic carbocycles. The third-order valence-corrected chi connectivity index (χ3v) is 4.67. The first-order valence-corrected chi connectivity index (χ1v) is 9.76. The SMILES string of the molecule is CC(C)(C)[O-].COc1ccc2c(=O)cc(-c3nc(C(C)C)cs3)[nH]c2c1C.[Na+]. The van der Waals surface area contributed by atoms with Gasteiger partial charge in [-0.25, -0.2) is 4.98 Å². The van der Waals surface area contributed by atoms with Gasteiger partial charge in [-0.15, -0.1) is 16.9 Å². The second-order valence-corrected chi connectivity index (χ2v) is 8.57. The Bertz CT molecular complexity index is 981. The Balaban J connectivity index is 0.000000584. The molecule has 0 bridgehead atoms. The van der Waals surface area contributed by atoms with Gasteiger partial charge in [0.1, 0.15) is 10.8 Å². The Morgan fingerprint density at radius 3 is 2.36 bits per heavy atom. The number of ether oxygens (including phenoxy) is 1. The fourth-order valence-corrected chi connectivity index (χ4v) is 3.40. The van der Waals surface area contributed by atoms with Gasteiger partial charge in [0.15, 0.2) is 5.43 Å². The molecule has 5 nitrogen and oxygen atoms in total. The number of thiazole rings is 1. The molecule has 3 aromatic rings. The van der Waals surface area contributed by atoms with Gasteiger partial charge in [-0.2, -0.15) is 0 Å². The molecule has 0 aliphatic rings. The molecule has 7 heteroatoms. The summed E-state index contributed by atoms with van der Waals surface area (Å²) in [4.78, 5) is 20.3. The van der Waals surface area contributed by atoms with E-state index in [1.807, 2.05) is 18.4 Å². The van der Waals surface area contributed by atoms with Gasteiger partial charge in [0.25, 0.3) is 0 Å². The summed E-state index contributed by atoms with van der Waals surface area (Å²) in [6.07, 6.45) is 0. The maximum Gasteiger partial charge on any atom is 1.00 e. The van der Waals surface area contributed by atoms with Crippen LogP contribution in [0, 0.1) is 6.92 Å². The maximum absolute atomic E-state index is 12.4. The minimum absolute atomic E-state index is 0. The third-order valence-electron chi connectivity index (χ3n) is 3.78. The van der Waals surface area contributed by atoms with Crippen molar-refractivity contribution < 1.29 is 39.4 Å². The number of aryl methyl sites for hydroxylation is 1. The van der Waals surface area contributed by atoms with Crippen LogP contribution >= 0.6 is 11.3 Å². The Morgan fingerprint density at radius 1 is 1.25 bits per heavy atom. The van der Waals surface area contributed by atoms with Gasteiger partial charge >= 0.3 is 29.6 Å². The van der Waals surface area contributed by atoms with Crippen molar-refractivity contribution in [2.45, 2.75) is 53.1 Å². The molecule has 2 heterocycles. The second-order valence-electron chi connectivity index (χ2n) is 7.71. The number of hydrogen-bond acceptors (Lipinski definition) is 5. The van der Waals surface area contributed by atoms with E-state index in [0.717, 1.165) is 33.2 Å². The van der Waals surface area contributed by atoms with Crippen LogP contribution in [0.3, 0.4) is 0 Å². The number of hydrogen-bond donors (Lipinski definition) is 1. The first-order valence-electron chi connectivity index (χ1n) is 8.88. The molecule has 0 fully saturated rings. The molecular formula is C21H27N2NaO3S. The summed E-state index contributed by atoms with van der Waals surface area (Å²) < 4.78 is 5.34. The fraction of sp³-hybridized carbons (Fsp3) is 0.429. The van der Waals surface area contributed by atoms with Gasteiger partial charge in [0, 0.05) is 22.4 Å². The molecule has 1 aromatic carbocycles. The van der Waals surface area contributed by atoms with Gasteiger partial charge in [-0.1, -0.05) is 34.6 Å². The number of benzene rings is 1. The van der Waals surface area contributed by atoms with Gasteiger partial charge in [-0.05, 0) is 25.0 Å². The molecular weight excluding hydrogens is 383 g/mol. The van der Waals surface area contributed by atoms with Crippen LogP contribution in [0.2, 0.25) is 0 Å². The van der Waals surface area contributed by atoms with Crippen LogP contribution in [0.1, 0.15) is 51.8 Å². The van der Waals surface area contributed by atoms with E-state index in [1.54, 1.807) is 51.4 Å². The van der Waals surface area contributed by atoms with Crippen LogP contribution < -0.4 is 44.8 Å². The van der Waals surface area contributed by atoms with E-state index < -0.39 is 5.60 Å². The molecule has 1 N–H and O–H groups in total. The minimum Gasteiger partial charge on any atom is -0.850 e. The number of aromatic nitrogens is 2. The first kappa shape index (κ1) is 24.9. The number of fused-ring (bicyclic) bond motifs is 1. The van der Waals surface area contributed by atoms with Crippen molar-refractivity contribution in [2.24, 2.45) is 0 Å². The quantitative estimate of drug-likeness (QED) is 0.659. The summed E-state index contributed by atoms with van der Waals surface area (Å²) in [7, 11) is 1.63. The first-order chi connectivity index (χ1) is 12.5. The summed E-state index contributed by atoms with van der Waals surface area (Å²) in [5.41, 5.74) is 2.78. The summed E-state index contributed by atoms with van der Waals surface area (Å²) in [6.45, 7) is 11.1. The van der Waals surface area contributed by atoms with E-state index in [2.05, 4.69) is 23.8 Å². The van der Waals surface area contributed by atoms with Gasteiger partial charge in [-0.3, -0.25) is 4.79 Å². The Hall–Kier alpha value is -1.18. The predicted octanol–water partition coefficient (Wildman–Crippen LogP) is 1.24. The molecule has 146 valence electrons. The fourth-order valence-electron chi connectivity index (χ4n) is 2.45. The normalized spacial score (nSPS) is 11.0. The second kappa shape index (κ2) is 10.0. The predicted molar refractivity (Wildman–Crippen MR) is 111 cm³/mol. The topological polar surface area (TPSA) is 78.0 Å². The van der Waals surface area contributed by atoms with Crippen LogP contribution in [0.25, 0.3) is 21.6 Å². The van der Waals surface area contributed by atoms with Gasteiger partial charge in [0.05, 0.1) is 24.0 Å². The van der Waals surface area contributed by atoms with E-state index in [1.165, 1.54) is 0 Å². The van der Waals surface area contributed by atoms with Crippen LogP contribution in [-0.4, -0.2) is 22.7 Å². The van der Waals surface area contributed by atoms with Crippen LogP contribution in [0.15, 0.2) is 28.4 Å². The molecule has 0 saturated carbocycles. The molecule has 0 unspecified atom stereocenters. The van der Waals surface area contributed by atoms with Crippen LogP contribution in [0.4, 0.5) is 0 Å². The van der Waals surface area contributed by atoms with Crippen molar-refractivity contribution in [3.05, 3.63) is 45.1 Å². The summed E-state index contributed by atoms with van der Waals surface area (Å²) in [5, 5.41) is 13.7. The average Bonchev–Trinajstić information content (AvgIpc) is 3.04. The molecule has 28 heavy (non-hydrogen) atoms. The Kier molecular flexibility index (Phi) is 8.91. The number of nitrogens with zero attached hydrogens (tertiary/aromatic N) is 1. The molecule has 0 spiro atoms. The number of aromatic amines is 1. The van der Waals surface area contributed by atoms with Crippen molar-refractivity contribution in [3.63, 3.8) is 0 Å². The zero-order valence-corrected chi connectivity index (χ0v) is 20.8. The molecule has 3 rings (SSSR count). The van der Waals surface area contributed by atoms with Gasteiger partial charge in [0.2, 0.25) is 0 Å². The van der Waals surface area contributed by atoms with E-state index in [4.69, 9.17) is 4.74 Å². The molecule has 2 aromatic heterocycles. The van der Waals surface area contributed by atoms with Crippen molar-refractivity contribution in [3.8, 4) is 16.5 Å². The molecule has 0 aliphatic heterocycles. The number of nitrogens with one attached hydrogen (secondary N) is 1. The van der Waals surface area contributed by atoms with E-state index >= 15 is 0 Å². The minimum atomic E-state index is -0.750. The number of methoxy groups -OCH3 is 1. The molecule has 0 radical (unpaired) electrons. The average molecular weight is 411 g/mol. The van der Waals surface area contributed by atoms with E-state index in [0.29, 0.717) is 11.3 Å². The van der Waals surface area contributed by atoms with Crippen molar-refractivity contribution in [1.82, 2.24) is 9.97 Å². The Morgan fingerprint density at radius 2 is 1.86 bits per heavy atom. The number of H-pyrrole nitrogens is 1. The molecule has 0 atom stereocenters. The van der Waals surface area contributed by atoms with E-state index in [-0.39, 0.29) is 35.0 Å². The summed E-state index contributed by atoms with van der Waals surface area (Å²) >= 11 is 1.55. The standard InChI is InChI=1S/C17H18N2O2S.C4H9O.Na/c1-9(2)13-8-22-17(19-13)12-7-14(20)11-5-6-15(21-4)10(3)16(11)18-12;1-4(2,3)5;/h5-9H,1-4H3,(H,18,20);1-3H3;/q;-1;+1. The summed E-state index contributed by atoms with van der Waals surface area (Å²) in [6, 6.07) is 5.25. The summed E-state index contributed by atoms with van der Waals surface area (Å²) in [5.74, 6) is 1.14. The largest absolute Gasteiger partial charge is 1.00 e.